The molecule has 0 atom stereocenters. The Kier molecular flexibility index (Phi) is 8.11. The Morgan fingerprint density at radius 1 is 0.533 bits per heavy atom. The molecule has 3 heteroatoms. The quantitative estimate of drug-likeness (QED) is 0.456. The molecule has 0 aliphatic rings. The van der Waals surface area contributed by atoms with Gasteiger partial charge in [-0.2, -0.15) is 0 Å². The summed E-state index contributed by atoms with van der Waals surface area (Å²) in [6.07, 6.45) is 0. The van der Waals surface area contributed by atoms with Gasteiger partial charge in [0.2, 0.25) is 0 Å². The van der Waals surface area contributed by atoms with E-state index in [2.05, 4.69) is 60.7 Å². The van der Waals surface area contributed by atoms with E-state index >= 15 is 0 Å². The molecule has 0 radical (unpaired) electrons. The van der Waals surface area contributed by atoms with Gasteiger partial charge in [-0.25, -0.2) is 0 Å². The van der Waals surface area contributed by atoms with E-state index in [-0.39, 0.29) is 49.4 Å². The average molecular weight is 387 g/mol. The van der Waals surface area contributed by atoms with Crippen LogP contribution >= 0.6 is 0 Å². The first-order valence-corrected chi connectivity index (χ1v) is 6.42. The fourth-order valence-corrected chi connectivity index (χ4v) is 3.42. The molecule has 0 aliphatic carbocycles. The van der Waals surface area contributed by atoms with Gasteiger partial charge < -0.3 is 34.0 Å². The van der Waals surface area contributed by atoms with Gasteiger partial charge in [-0.15, -0.1) is 0 Å². The molecule has 2 rings (SSSR count). The fraction of sp³-hybridized carbons (Fsp3) is 0. The Balaban J connectivity index is 0.000000980. The van der Waals surface area contributed by atoms with E-state index in [4.69, 9.17) is 0 Å². The van der Waals surface area contributed by atoms with Crippen molar-refractivity contribution in [3.63, 3.8) is 0 Å². The molecule has 0 saturated heterocycles. The van der Waals surface area contributed by atoms with Crippen LogP contribution in [0.25, 0.3) is 0 Å². The maximum absolute atomic E-state index is 2.22. The minimum absolute atomic E-state index is 0. The minimum atomic E-state index is -0.108. The van der Waals surface area contributed by atoms with Gasteiger partial charge in [0.25, 0.3) is 0 Å². The first-order chi connectivity index (χ1) is 6.45. The second-order valence-electron chi connectivity index (χ2n) is 2.86. The Bertz CT molecular complexity index is 324. The summed E-state index contributed by atoms with van der Waals surface area (Å²) in [4.78, 5) is 0. The molecular formula is C12H10Br2Ge. The zero-order valence-electron chi connectivity index (χ0n) is 8.03. The topological polar surface area (TPSA) is 0 Å². The summed E-state index contributed by atoms with van der Waals surface area (Å²) in [6, 6.07) is 21.5. The molecule has 0 heterocycles. The zero-order valence-corrected chi connectivity index (χ0v) is 13.3. The van der Waals surface area contributed by atoms with Crippen molar-refractivity contribution in [2.75, 3.05) is 0 Å². The molecule has 0 N–H and O–H groups in total. The third kappa shape index (κ3) is 5.00. The van der Waals surface area contributed by atoms with Crippen LogP contribution in [-0.2, 0) is 0 Å². The Hall–Kier alpha value is -0.0571. The summed E-state index contributed by atoms with van der Waals surface area (Å²) in [6.45, 7) is 0. The molecule has 2 aromatic carbocycles. The first-order valence-electron chi connectivity index (χ1n) is 4.32. The average Bonchev–Trinajstić information content (AvgIpc) is 2.21. The summed E-state index contributed by atoms with van der Waals surface area (Å²) >= 11 is -0.108. The SMILES string of the molecule is [Br-].[Br-].c1cc[c]([Ge+2][c]2ccccc2)cc1. The van der Waals surface area contributed by atoms with Gasteiger partial charge in [0, 0.05) is 0 Å². The van der Waals surface area contributed by atoms with Gasteiger partial charge in [-0.3, -0.25) is 0 Å². The molecule has 0 aromatic heterocycles. The predicted octanol–water partition coefficient (Wildman–Crippen LogP) is -4.65. The summed E-state index contributed by atoms with van der Waals surface area (Å²) in [5.74, 6) is 0. The van der Waals surface area contributed by atoms with Crippen molar-refractivity contribution in [2.24, 2.45) is 0 Å². The van der Waals surface area contributed by atoms with Crippen LogP contribution in [0.15, 0.2) is 60.7 Å². The third-order valence-corrected chi connectivity index (χ3v) is 4.45. The van der Waals surface area contributed by atoms with E-state index in [1.807, 2.05) is 0 Å². The van der Waals surface area contributed by atoms with Crippen molar-refractivity contribution >= 4 is 24.2 Å². The molecule has 0 amide bonds. The molecule has 0 spiro atoms. The van der Waals surface area contributed by atoms with Crippen molar-refractivity contribution in [3.05, 3.63) is 60.7 Å². The number of hydrogen-bond donors (Lipinski definition) is 0. The zero-order chi connectivity index (χ0) is 8.93. The van der Waals surface area contributed by atoms with Crippen molar-refractivity contribution < 1.29 is 34.0 Å². The standard InChI is InChI=1S/C12H10Ge.2BrH/c1-3-7-11(8-4-1)13-12-9-5-2-6-10-12;;/h1-10H;2*1H/q+2;;/p-2. The van der Waals surface area contributed by atoms with Crippen LogP contribution in [-0.4, -0.2) is 15.4 Å². The Morgan fingerprint density at radius 3 is 1.20 bits per heavy atom. The van der Waals surface area contributed by atoms with E-state index in [0.717, 1.165) is 0 Å². The predicted molar refractivity (Wildman–Crippen MR) is 57.9 cm³/mol. The van der Waals surface area contributed by atoms with Gasteiger partial charge in [-0.1, -0.05) is 0 Å². The molecule has 0 unspecified atom stereocenters. The molecule has 76 valence electrons. The van der Waals surface area contributed by atoms with Gasteiger partial charge in [0.15, 0.2) is 0 Å². The van der Waals surface area contributed by atoms with E-state index in [0.29, 0.717) is 0 Å². The molecule has 0 saturated carbocycles. The van der Waals surface area contributed by atoms with Crippen LogP contribution in [0.3, 0.4) is 0 Å². The van der Waals surface area contributed by atoms with Crippen molar-refractivity contribution in [1.29, 1.82) is 0 Å². The van der Waals surface area contributed by atoms with Gasteiger partial charge in [0.1, 0.15) is 0 Å². The second kappa shape index (κ2) is 8.14. The molecular weight excluding hydrogens is 377 g/mol. The van der Waals surface area contributed by atoms with Crippen molar-refractivity contribution in [1.82, 2.24) is 0 Å². The normalized spacial score (nSPS) is 8.00. The first kappa shape index (κ1) is 14.9. The number of benzene rings is 2. The van der Waals surface area contributed by atoms with Crippen LogP contribution in [0.2, 0.25) is 0 Å². The van der Waals surface area contributed by atoms with E-state index in [9.17, 15) is 0 Å². The molecule has 0 fully saturated rings. The summed E-state index contributed by atoms with van der Waals surface area (Å²) in [7, 11) is 0. The van der Waals surface area contributed by atoms with Crippen LogP contribution in [0.1, 0.15) is 0 Å². The van der Waals surface area contributed by atoms with Crippen molar-refractivity contribution in [2.45, 2.75) is 0 Å². The van der Waals surface area contributed by atoms with E-state index in [1.54, 1.807) is 0 Å². The molecule has 15 heavy (non-hydrogen) atoms. The summed E-state index contributed by atoms with van der Waals surface area (Å²) in [5, 5.41) is 0. The molecule has 0 aliphatic heterocycles. The Labute approximate surface area is 118 Å². The van der Waals surface area contributed by atoms with Gasteiger partial charge in [0.05, 0.1) is 0 Å². The second-order valence-corrected chi connectivity index (χ2v) is 5.80. The Morgan fingerprint density at radius 2 is 0.867 bits per heavy atom. The van der Waals surface area contributed by atoms with Crippen molar-refractivity contribution in [3.8, 4) is 0 Å². The third-order valence-electron chi connectivity index (χ3n) is 1.84. The monoisotopic (exact) mass is 386 g/mol. The molecule has 0 nitrogen and oxygen atoms in total. The van der Waals surface area contributed by atoms with E-state index < -0.39 is 0 Å². The van der Waals surface area contributed by atoms with Gasteiger partial charge in [-0.05, 0) is 0 Å². The van der Waals surface area contributed by atoms with Crippen LogP contribution < -0.4 is 42.8 Å². The fourth-order valence-electron chi connectivity index (χ4n) is 1.21. The summed E-state index contributed by atoms with van der Waals surface area (Å²) in [5.41, 5.74) is 0. The van der Waals surface area contributed by atoms with E-state index in [1.165, 1.54) is 8.79 Å². The van der Waals surface area contributed by atoms with Crippen LogP contribution in [0, 0.1) is 0 Å². The van der Waals surface area contributed by atoms with Gasteiger partial charge >= 0.3 is 84.9 Å². The number of rotatable bonds is 2. The van der Waals surface area contributed by atoms with Crippen LogP contribution in [0.5, 0.6) is 0 Å². The van der Waals surface area contributed by atoms with Crippen LogP contribution in [0.4, 0.5) is 0 Å². The number of hydrogen-bond acceptors (Lipinski definition) is 0. The summed E-state index contributed by atoms with van der Waals surface area (Å²) < 4.78 is 2.99. The molecule has 0 bridgehead atoms. The number of halogens is 2. The molecule has 2 aromatic rings. The maximum atomic E-state index is 2.22.